The molecular formula is C16H14ClN3O2. The zero-order valence-corrected chi connectivity index (χ0v) is 12.9. The van der Waals surface area contributed by atoms with Gasteiger partial charge in [0.25, 0.3) is 5.56 Å². The van der Waals surface area contributed by atoms with Crippen LogP contribution in [0.5, 0.6) is 11.5 Å². The van der Waals surface area contributed by atoms with Gasteiger partial charge in [-0.15, -0.1) is 0 Å². The predicted molar refractivity (Wildman–Crippen MR) is 87.7 cm³/mol. The number of fused-ring (bicyclic) bond motifs is 1. The van der Waals surface area contributed by atoms with Gasteiger partial charge in [-0.3, -0.25) is 4.79 Å². The van der Waals surface area contributed by atoms with Crippen molar-refractivity contribution in [3.63, 3.8) is 0 Å². The summed E-state index contributed by atoms with van der Waals surface area (Å²) in [7, 11) is 1.66. The molecule has 0 fully saturated rings. The Morgan fingerprint density at radius 1 is 1.23 bits per heavy atom. The Bertz CT molecular complexity index is 935. The fraction of sp³-hybridized carbons (Fsp3) is 0.125. The molecule has 1 heterocycles. The van der Waals surface area contributed by atoms with Gasteiger partial charge in [-0.05, 0) is 31.2 Å². The maximum atomic E-state index is 12.3. The smallest absolute Gasteiger partial charge is 0.261 e. The highest BCUT2D eigenvalue weighted by Gasteiger charge is 2.12. The van der Waals surface area contributed by atoms with E-state index in [2.05, 4.69) is 4.98 Å². The number of nitrogens with zero attached hydrogens (tertiary/aromatic N) is 2. The highest BCUT2D eigenvalue weighted by atomic mass is 35.5. The van der Waals surface area contributed by atoms with Crippen molar-refractivity contribution in [2.75, 3.05) is 5.73 Å². The van der Waals surface area contributed by atoms with Gasteiger partial charge >= 0.3 is 0 Å². The van der Waals surface area contributed by atoms with Crippen molar-refractivity contribution in [3.05, 3.63) is 57.6 Å². The molecule has 3 rings (SSSR count). The third-order valence-electron chi connectivity index (χ3n) is 3.51. The summed E-state index contributed by atoms with van der Waals surface area (Å²) in [5.41, 5.74) is 7.44. The fourth-order valence-electron chi connectivity index (χ4n) is 2.27. The van der Waals surface area contributed by atoms with Crippen LogP contribution in [-0.4, -0.2) is 9.55 Å². The van der Waals surface area contributed by atoms with Gasteiger partial charge in [0.2, 0.25) is 0 Å². The molecule has 0 aliphatic carbocycles. The SMILES string of the molecule is Cc1c(Oc2cccc(N)c2Cl)ccc2ncn(C)c(=O)c12. The number of nitrogens with two attached hydrogens (primary N) is 1. The molecule has 2 aromatic carbocycles. The number of hydrogen-bond acceptors (Lipinski definition) is 4. The Labute approximate surface area is 131 Å². The molecule has 0 saturated carbocycles. The van der Waals surface area contributed by atoms with Crippen LogP contribution in [0.25, 0.3) is 10.9 Å². The zero-order chi connectivity index (χ0) is 15.9. The van der Waals surface area contributed by atoms with Crippen molar-refractivity contribution in [2.24, 2.45) is 7.05 Å². The first-order chi connectivity index (χ1) is 10.5. The first-order valence-corrected chi connectivity index (χ1v) is 7.03. The minimum Gasteiger partial charge on any atom is -0.455 e. The second kappa shape index (κ2) is 5.35. The zero-order valence-electron chi connectivity index (χ0n) is 12.1. The Hall–Kier alpha value is -2.53. The van der Waals surface area contributed by atoms with Crippen molar-refractivity contribution in [3.8, 4) is 11.5 Å². The molecule has 0 saturated heterocycles. The lowest BCUT2D eigenvalue weighted by atomic mass is 10.1. The third-order valence-corrected chi connectivity index (χ3v) is 3.92. The number of aryl methyl sites for hydroxylation is 2. The maximum Gasteiger partial charge on any atom is 0.261 e. The Kier molecular flexibility index (Phi) is 3.50. The molecule has 1 aromatic heterocycles. The highest BCUT2D eigenvalue weighted by Crippen LogP contribution is 2.35. The second-order valence-corrected chi connectivity index (χ2v) is 5.38. The monoisotopic (exact) mass is 315 g/mol. The number of anilines is 1. The molecular weight excluding hydrogens is 302 g/mol. The number of ether oxygens (including phenoxy) is 1. The molecule has 0 amide bonds. The summed E-state index contributed by atoms with van der Waals surface area (Å²) in [6, 6.07) is 8.70. The third kappa shape index (κ3) is 2.29. The van der Waals surface area contributed by atoms with E-state index in [9.17, 15) is 4.79 Å². The molecule has 0 spiro atoms. The minimum absolute atomic E-state index is 0.119. The van der Waals surface area contributed by atoms with Crippen LogP contribution >= 0.6 is 11.6 Å². The molecule has 6 heteroatoms. The minimum atomic E-state index is -0.119. The van der Waals surface area contributed by atoms with Crippen LogP contribution in [0.1, 0.15) is 5.56 Å². The number of nitrogen functional groups attached to an aromatic ring is 1. The van der Waals surface area contributed by atoms with E-state index < -0.39 is 0 Å². The summed E-state index contributed by atoms with van der Waals surface area (Å²) in [6.07, 6.45) is 1.50. The number of rotatable bonds is 2. The average molecular weight is 316 g/mol. The summed E-state index contributed by atoms with van der Waals surface area (Å²) in [5.74, 6) is 0.995. The maximum absolute atomic E-state index is 12.3. The van der Waals surface area contributed by atoms with E-state index in [1.807, 2.05) is 6.92 Å². The standard InChI is InChI=1S/C16H14ClN3O2/c1-9-12(22-13-5-3-4-10(18)15(13)17)7-6-11-14(9)16(21)20(2)8-19-11/h3-8H,18H2,1-2H3. The van der Waals surface area contributed by atoms with E-state index in [4.69, 9.17) is 22.1 Å². The number of benzene rings is 2. The summed E-state index contributed by atoms with van der Waals surface area (Å²) in [4.78, 5) is 16.5. The van der Waals surface area contributed by atoms with E-state index in [0.717, 1.165) is 0 Å². The summed E-state index contributed by atoms with van der Waals surface area (Å²) in [5, 5.41) is 0.878. The molecule has 0 aliphatic heterocycles. The molecule has 5 nitrogen and oxygen atoms in total. The van der Waals surface area contributed by atoms with Gasteiger partial charge in [0.05, 0.1) is 22.9 Å². The van der Waals surface area contributed by atoms with Crippen LogP contribution in [0, 0.1) is 6.92 Å². The largest absolute Gasteiger partial charge is 0.455 e. The topological polar surface area (TPSA) is 70.1 Å². The Balaban J connectivity index is 2.16. The molecule has 0 atom stereocenters. The molecule has 3 aromatic rings. The van der Waals surface area contributed by atoms with E-state index in [1.54, 1.807) is 37.4 Å². The van der Waals surface area contributed by atoms with Gasteiger partial charge in [0, 0.05) is 12.6 Å². The molecule has 112 valence electrons. The predicted octanol–water partition coefficient (Wildman–Crippen LogP) is 3.27. The number of halogens is 1. The Morgan fingerprint density at radius 2 is 2.00 bits per heavy atom. The van der Waals surface area contributed by atoms with Crippen molar-refractivity contribution in [1.82, 2.24) is 9.55 Å². The molecule has 0 bridgehead atoms. The number of hydrogen-bond donors (Lipinski definition) is 1. The van der Waals surface area contributed by atoms with Gasteiger partial charge < -0.3 is 15.0 Å². The summed E-state index contributed by atoms with van der Waals surface area (Å²) in [6.45, 7) is 1.82. The molecule has 0 radical (unpaired) electrons. The normalized spacial score (nSPS) is 10.9. The van der Waals surface area contributed by atoms with Crippen LogP contribution in [0.2, 0.25) is 5.02 Å². The van der Waals surface area contributed by atoms with Crippen molar-refractivity contribution < 1.29 is 4.74 Å². The first kappa shape index (κ1) is 14.4. The highest BCUT2D eigenvalue weighted by molar-refractivity contribution is 6.34. The molecule has 2 N–H and O–H groups in total. The van der Waals surface area contributed by atoms with Crippen LogP contribution in [0.3, 0.4) is 0 Å². The quantitative estimate of drug-likeness (QED) is 0.737. The molecule has 0 aliphatic rings. The second-order valence-electron chi connectivity index (χ2n) is 5.00. The molecule has 22 heavy (non-hydrogen) atoms. The van der Waals surface area contributed by atoms with Gasteiger partial charge in [-0.1, -0.05) is 17.7 Å². The van der Waals surface area contributed by atoms with E-state index >= 15 is 0 Å². The van der Waals surface area contributed by atoms with E-state index in [0.29, 0.717) is 38.7 Å². The van der Waals surface area contributed by atoms with Gasteiger partial charge in [0.15, 0.2) is 0 Å². The lowest BCUT2D eigenvalue weighted by molar-refractivity contribution is 0.480. The van der Waals surface area contributed by atoms with Crippen LogP contribution in [0.4, 0.5) is 5.69 Å². The van der Waals surface area contributed by atoms with Gasteiger partial charge in [-0.25, -0.2) is 4.98 Å². The van der Waals surface area contributed by atoms with Crippen molar-refractivity contribution in [1.29, 1.82) is 0 Å². The lowest BCUT2D eigenvalue weighted by Gasteiger charge is -2.12. The fourth-order valence-corrected chi connectivity index (χ4v) is 2.43. The van der Waals surface area contributed by atoms with Crippen molar-refractivity contribution >= 4 is 28.2 Å². The van der Waals surface area contributed by atoms with Crippen molar-refractivity contribution in [2.45, 2.75) is 6.92 Å². The van der Waals surface area contributed by atoms with E-state index in [1.165, 1.54) is 10.9 Å². The summed E-state index contributed by atoms with van der Waals surface area (Å²) >= 11 is 6.14. The van der Waals surface area contributed by atoms with E-state index in [-0.39, 0.29) is 5.56 Å². The first-order valence-electron chi connectivity index (χ1n) is 6.66. The van der Waals surface area contributed by atoms with Crippen LogP contribution in [0.15, 0.2) is 41.5 Å². The van der Waals surface area contributed by atoms with Gasteiger partial charge in [-0.2, -0.15) is 0 Å². The number of aromatic nitrogens is 2. The lowest BCUT2D eigenvalue weighted by Crippen LogP contribution is -2.17. The van der Waals surface area contributed by atoms with Crippen LogP contribution in [-0.2, 0) is 7.05 Å². The summed E-state index contributed by atoms with van der Waals surface area (Å²) < 4.78 is 7.27. The van der Waals surface area contributed by atoms with Gasteiger partial charge in [0.1, 0.15) is 16.5 Å². The average Bonchev–Trinajstić information content (AvgIpc) is 2.50. The Morgan fingerprint density at radius 3 is 2.77 bits per heavy atom. The molecule has 0 unspecified atom stereocenters. The van der Waals surface area contributed by atoms with Crippen LogP contribution < -0.4 is 16.0 Å².